The molecule has 13 heteroatoms. The molecule has 1 saturated heterocycles. The molecule has 1 heterocycles. The Kier molecular flexibility index (Phi) is 10.7. The molecule has 228 valence electrons. The highest BCUT2D eigenvalue weighted by Crippen LogP contribution is 2.27. The molecule has 1 aliphatic heterocycles. The smallest absolute Gasteiger partial charge is 0.413 e. The SMILES string of the molecule is COC(=O)CNC(=O)Oc1ccc(C[C@H](NC(=O)[C@@H]2CCCN2S(=O)(=O)c2ccc(C)cc2)C(=O)OC(C)(C)C)cc1. The van der Waals surface area contributed by atoms with Crippen LogP contribution in [0.25, 0.3) is 0 Å². The van der Waals surface area contributed by atoms with Crippen LogP contribution in [0.1, 0.15) is 44.7 Å². The number of esters is 2. The summed E-state index contributed by atoms with van der Waals surface area (Å²) in [6.07, 6.45) is -0.0158. The molecule has 3 rings (SSSR count). The normalized spacial score (nSPS) is 16.3. The second kappa shape index (κ2) is 13.8. The number of hydrogen-bond donors (Lipinski definition) is 2. The quantitative estimate of drug-likeness (QED) is 0.389. The van der Waals surface area contributed by atoms with Crippen LogP contribution in [-0.4, -0.2) is 74.5 Å². The van der Waals surface area contributed by atoms with Crippen molar-refractivity contribution in [2.75, 3.05) is 20.2 Å². The van der Waals surface area contributed by atoms with Crippen LogP contribution in [0.5, 0.6) is 5.75 Å². The van der Waals surface area contributed by atoms with Crippen LogP contribution >= 0.6 is 0 Å². The van der Waals surface area contributed by atoms with Gasteiger partial charge in [0.15, 0.2) is 0 Å². The molecule has 0 saturated carbocycles. The third-order valence-corrected chi connectivity index (χ3v) is 8.24. The summed E-state index contributed by atoms with van der Waals surface area (Å²) in [4.78, 5) is 49.7. The van der Waals surface area contributed by atoms with Crippen LogP contribution in [0.4, 0.5) is 4.79 Å². The zero-order chi connectivity index (χ0) is 31.1. The third kappa shape index (κ3) is 9.02. The number of methoxy groups -OCH3 is 1. The summed E-state index contributed by atoms with van der Waals surface area (Å²) in [6.45, 7) is 6.79. The van der Waals surface area contributed by atoms with Crippen molar-refractivity contribution in [2.45, 2.75) is 69.5 Å². The second-order valence-corrected chi connectivity index (χ2v) is 12.7. The minimum absolute atomic E-state index is 0.0346. The van der Waals surface area contributed by atoms with Crippen molar-refractivity contribution in [3.63, 3.8) is 0 Å². The molecule has 2 aromatic rings. The number of rotatable bonds is 10. The molecule has 0 bridgehead atoms. The molecule has 42 heavy (non-hydrogen) atoms. The lowest BCUT2D eigenvalue weighted by atomic mass is 10.0. The number of carbonyl (C=O) groups excluding carboxylic acids is 4. The van der Waals surface area contributed by atoms with E-state index < -0.39 is 51.6 Å². The lowest BCUT2D eigenvalue weighted by molar-refractivity contribution is -0.158. The van der Waals surface area contributed by atoms with Crippen LogP contribution in [0, 0.1) is 6.92 Å². The van der Waals surface area contributed by atoms with E-state index in [9.17, 15) is 27.6 Å². The van der Waals surface area contributed by atoms with Crippen molar-refractivity contribution < 1.29 is 41.8 Å². The van der Waals surface area contributed by atoms with Gasteiger partial charge in [0.2, 0.25) is 15.9 Å². The average molecular weight is 604 g/mol. The Bertz CT molecular complexity index is 1380. The first-order chi connectivity index (χ1) is 19.7. The molecule has 2 atom stereocenters. The van der Waals surface area contributed by atoms with E-state index in [4.69, 9.17) is 9.47 Å². The topological polar surface area (TPSA) is 157 Å². The van der Waals surface area contributed by atoms with Gasteiger partial charge >= 0.3 is 18.0 Å². The Labute approximate surface area is 245 Å². The highest BCUT2D eigenvalue weighted by atomic mass is 32.2. The molecule has 12 nitrogen and oxygen atoms in total. The summed E-state index contributed by atoms with van der Waals surface area (Å²) in [5, 5.41) is 4.96. The minimum Gasteiger partial charge on any atom is -0.468 e. The zero-order valence-electron chi connectivity index (χ0n) is 24.3. The number of benzene rings is 2. The maximum absolute atomic E-state index is 13.4. The summed E-state index contributed by atoms with van der Waals surface area (Å²) in [6, 6.07) is 10.5. The van der Waals surface area contributed by atoms with E-state index in [0.717, 1.165) is 5.56 Å². The van der Waals surface area contributed by atoms with Crippen LogP contribution in [-0.2, 0) is 40.3 Å². The highest BCUT2D eigenvalue weighted by Gasteiger charge is 2.41. The summed E-state index contributed by atoms with van der Waals surface area (Å²) < 4.78 is 43.0. The van der Waals surface area contributed by atoms with Gasteiger partial charge in [0.25, 0.3) is 0 Å². The van der Waals surface area contributed by atoms with Crippen LogP contribution in [0.2, 0.25) is 0 Å². The van der Waals surface area contributed by atoms with Gasteiger partial charge < -0.3 is 24.8 Å². The molecule has 2 amide bonds. The van der Waals surface area contributed by atoms with Crippen LogP contribution in [0.3, 0.4) is 0 Å². The third-order valence-electron chi connectivity index (χ3n) is 6.32. The van der Waals surface area contributed by atoms with E-state index in [2.05, 4.69) is 15.4 Å². The molecule has 2 N–H and O–H groups in total. The Morgan fingerprint density at radius 1 is 1.02 bits per heavy atom. The van der Waals surface area contributed by atoms with E-state index in [1.165, 1.54) is 35.7 Å². The first-order valence-electron chi connectivity index (χ1n) is 13.4. The molecule has 0 radical (unpaired) electrons. The van der Waals surface area contributed by atoms with Crippen molar-refractivity contribution in [3.8, 4) is 5.75 Å². The number of nitrogens with zero attached hydrogens (tertiary/aromatic N) is 1. The summed E-state index contributed by atoms with van der Waals surface area (Å²) in [5.41, 5.74) is 0.694. The standard InChI is InChI=1S/C29H37N3O9S/c1-19-8-14-22(15-9-19)42(37,38)32-16-6-7-24(32)26(34)31-23(27(35)41-29(2,3)4)17-20-10-12-21(13-11-20)40-28(36)30-18-25(33)39-5/h8-15,23-24H,6-7,16-18H2,1-5H3,(H,30,36)(H,31,34)/t23-,24-/m0/s1. The Hall–Kier alpha value is -3.97. The van der Waals surface area contributed by atoms with Gasteiger partial charge in [-0.2, -0.15) is 4.31 Å². The van der Waals surface area contributed by atoms with E-state index in [1.54, 1.807) is 45.0 Å². The Balaban J connectivity index is 1.74. The van der Waals surface area contributed by atoms with Crippen molar-refractivity contribution in [2.24, 2.45) is 0 Å². The number of hydrogen-bond acceptors (Lipinski definition) is 9. The number of nitrogens with one attached hydrogen (secondary N) is 2. The molecule has 0 unspecified atom stereocenters. The van der Waals surface area contributed by atoms with Crippen molar-refractivity contribution >= 4 is 34.0 Å². The maximum Gasteiger partial charge on any atom is 0.413 e. The molecule has 2 aromatic carbocycles. The molecule has 1 aliphatic rings. The summed E-state index contributed by atoms with van der Waals surface area (Å²) >= 11 is 0. The number of aryl methyl sites for hydroxylation is 1. The van der Waals surface area contributed by atoms with Gasteiger partial charge in [-0.1, -0.05) is 29.8 Å². The van der Waals surface area contributed by atoms with Crippen molar-refractivity contribution in [3.05, 3.63) is 59.7 Å². The fourth-order valence-corrected chi connectivity index (χ4v) is 5.91. The monoisotopic (exact) mass is 603 g/mol. The van der Waals surface area contributed by atoms with Gasteiger partial charge in [0, 0.05) is 13.0 Å². The second-order valence-electron chi connectivity index (χ2n) is 10.8. The van der Waals surface area contributed by atoms with Gasteiger partial charge in [0.1, 0.15) is 30.0 Å². The van der Waals surface area contributed by atoms with Gasteiger partial charge in [0.05, 0.1) is 12.0 Å². The lowest BCUT2D eigenvalue weighted by Crippen LogP contribution is -2.52. The van der Waals surface area contributed by atoms with Crippen LogP contribution in [0.15, 0.2) is 53.4 Å². The predicted molar refractivity (Wildman–Crippen MR) is 152 cm³/mol. The molecule has 0 aromatic heterocycles. The van der Waals surface area contributed by atoms with Crippen molar-refractivity contribution in [1.29, 1.82) is 0 Å². The highest BCUT2D eigenvalue weighted by molar-refractivity contribution is 7.89. The molecular weight excluding hydrogens is 566 g/mol. The van der Waals surface area contributed by atoms with E-state index in [-0.39, 0.29) is 30.2 Å². The van der Waals surface area contributed by atoms with Gasteiger partial charge in [-0.15, -0.1) is 0 Å². The van der Waals surface area contributed by atoms with Gasteiger partial charge in [-0.05, 0) is 70.4 Å². The number of carbonyl (C=O) groups is 4. The number of sulfonamides is 1. The molecule has 0 spiro atoms. The molecule has 0 aliphatic carbocycles. The zero-order valence-corrected chi connectivity index (χ0v) is 25.2. The van der Waals surface area contributed by atoms with Gasteiger partial charge in [-0.25, -0.2) is 18.0 Å². The minimum atomic E-state index is -3.93. The maximum atomic E-state index is 13.4. The predicted octanol–water partition coefficient (Wildman–Crippen LogP) is 2.48. The Morgan fingerprint density at radius 2 is 1.67 bits per heavy atom. The first kappa shape index (κ1) is 32.5. The summed E-state index contributed by atoms with van der Waals surface area (Å²) in [7, 11) is -2.74. The fraction of sp³-hybridized carbons (Fsp3) is 0.448. The van der Waals surface area contributed by atoms with Crippen LogP contribution < -0.4 is 15.4 Å². The molecular formula is C29H37N3O9S. The summed E-state index contributed by atoms with van der Waals surface area (Å²) in [5.74, 6) is -1.72. The van der Waals surface area contributed by atoms with Gasteiger partial charge in [-0.3, -0.25) is 9.59 Å². The van der Waals surface area contributed by atoms with E-state index in [1.807, 2.05) is 6.92 Å². The number of amides is 2. The number of ether oxygens (including phenoxy) is 3. The Morgan fingerprint density at radius 3 is 2.26 bits per heavy atom. The van der Waals surface area contributed by atoms with E-state index in [0.29, 0.717) is 18.4 Å². The van der Waals surface area contributed by atoms with E-state index >= 15 is 0 Å². The largest absolute Gasteiger partial charge is 0.468 e. The lowest BCUT2D eigenvalue weighted by Gasteiger charge is -2.28. The first-order valence-corrected chi connectivity index (χ1v) is 14.9. The fourth-order valence-electron chi connectivity index (χ4n) is 4.26. The average Bonchev–Trinajstić information content (AvgIpc) is 3.43. The molecule has 1 fully saturated rings. The van der Waals surface area contributed by atoms with Crippen molar-refractivity contribution in [1.82, 2.24) is 14.9 Å².